The molecule has 7 fully saturated rings. The lowest BCUT2D eigenvalue weighted by atomic mass is 9.80. The first-order valence-electron chi connectivity index (χ1n) is 37.7. The predicted octanol–water partition coefficient (Wildman–Crippen LogP) is 12.8. The molecule has 0 amide bonds. The van der Waals surface area contributed by atoms with E-state index in [9.17, 15) is 70.0 Å². The Morgan fingerprint density at radius 3 is 0.547 bits per heavy atom. The third-order valence-corrected chi connectivity index (χ3v) is 23.1. The highest BCUT2D eigenvalue weighted by atomic mass is 16.6. The summed E-state index contributed by atoms with van der Waals surface area (Å²) in [6.07, 6.45) is -1.16. The standard InChI is InChI=1S/C46H74N4O12.C32H57N3O9/c1-39(2)19-27(20-40(3,4)47(39)55)59-35(51)31-17-33(37(53)61-29-23-43(9,10)49(57)44(11,12)24-29)34(38(54)62-30-25-45(13,14)50(58)46(15,16)26-30)18-32(31)36(52)60-28-21-41(5,6)48(56)42(7,8)22-28;1-27(2)14-20(15-28(3,4)33(27)39)42-24(36)13-23(25(37)43-21-16-29(5,6)34(40)30(7,8)17-21)26(38)44-22-18-31(9,10)35(41)32(11,12)19-22/h17-18,27-30,55-58H,19-26H2,1-16H3;20-23,39-41H,13-19H2,1-12H3. The van der Waals surface area contributed by atoms with Gasteiger partial charge in [-0.25, -0.2) is 19.2 Å². The number of hydrogen-bond donors (Lipinski definition) is 7. The van der Waals surface area contributed by atoms with Gasteiger partial charge in [0.25, 0.3) is 0 Å². The van der Waals surface area contributed by atoms with E-state index in [1.165, 1.54) is 35.4 Å². The summed E-state index contributed by atoms with van der Waals surface area (Å²) < 4.78 is 42.1. The van der Waals surface area contributed by atoms with E-state index in [4.69, 9.17) is 33.2 Å². The topological polar surface area (TPSA) is 348 Å². The SMILES string of the molecule is CC1(C)CC(OC(=O)CC(C(=O)OC2CC(C)(C)N(O)C(C)(C)C2)C(=O)OC2CC(C)(C)N(O)C(C)(C)C2)CC(C)(C)N1O.CC1(C)CC(OC(=O)c2cc(C(=O)OC3CC(C)(C)N(O)C(C)(C)C3)c(C(=O)OC3CC(C)(C)N(O)C(C)(C)C3)cc2C(=O)OC2CC(C)(C)N(O)C(C)(C)C2)CC(C)(C)N1O. The second-order valence-corrected chi connectivity index (χ2v) is 40.5. The minimum atomic E-state index is -1.56. The van der Waals surface area contributed by atoms with Gasteiger partial charge in [0.15, 0.2) is 5.92 Å². The van der Waals surface area contributed by atoms with Crippen LogP contribution in [0.4, 0.5) is 0 Å². The van der Waals surface area contributed by atoms with Crippen LogP contribution in [0.15, 0.2) is 12.1 Å². The normalized spacial score (nSPS) is 27.0. The quantitative estimate of drug-likeness (QED) is 0.0487. The van der Waals surface area contributed by atoms with Crippen molar-refractivity contribution in [3.63, 3.8) is 0 Å². The molecule has 1 aromatic carbocycles. The Labute approximate surface area is 628 Å². The van der Waals surface area contributed by atoms with Gasteiger partial charge in [-0.2, -0.15) is 35.4 Å². The molecule has 7 N–H and O–H groups in total. The second kappa shape index (κ2) is 29.9. The molecule has 0 atom stereocenters. The zero-order chi connectivity index (χ0) is 81.0. The monoisotopic (exact) mass is 1500 g/mol. The molecule has 0 saturated carbocycles. The number of nitrogens with zero attached hydrogens (tertiary/aromatic N) is 7. The van der Waals surface area contributed by atoms with Gasteiger partial charge in [0.1, 0.15) is 42.7 Å². The lowest BCUT2D eigenvalue weighted by Gasteiger charge is -2.51. The fourth-order valence-corrected chi connectivity index (χ4v) is 19.1. The van der Waals surface area contributed by atoms with E-state index < -0.39 is 174 Å². The second-order valence-electron chi connectivity index (χ2n) is 40.5. The maximum absolute atomic E-state index is 14.6. The maximum atomic E-state index is 14.6. The lowest BCUT2D eigenvalue weighted by molar-refractivity contribution is -0.262. The lowest BCUT2D eigenvalue weighted by Crippen LogP contribution is -2.61. The van der Waals surface area contributed by atoms with Crippen molar-refractivity contribution in [1.29, 1.82) is 0 Å². The highest BCUT2D eigenvalue weighted by molar-refractivity contribution is 6.10. The van der Waals surface area contributed by atoms with Gasteiger partial charge in [-0.15, -0.1) is 0 Å². The molecule has 28 nitrogen and oxygen atoms in total. The van der Waals surface area contributed by atoms with Crippen molar-refractivity contribution in [3.05, 3.63) is 34.4 Å². The van der Waals surface area contributed by atoms with Crippen molar-refractivity contribution in [2.75, 3.05) is 0 Å². The molecule has 7 heterocycles. The number of hydroxylamine groups is 14. The Kier molecular flexibility index (Phi) is 24.9. The molecule has 0 radical (unpaired) electrons. The van der Waals surface area contributed by atoms with Gasteiger partial charge >= 0.3 is 41.8 Å². The summed E-state index contributed by atoms with van der Waals surface area (Å²) in [5.74, 6) is -7.84. The molecule has 0 unspecified atom stereocenters. The summed E-state index contributed by atoms with van der Waals surface area (Å²) >= 11 is 0. The number of carbonyl (C=O) groups excluding carboxylic acids is 7. The molecule has 0 spiro atoms. The molecule has 1 aromatic rings. The molecular formula is C78H131N7O21. The number of ether oxygens (including phenoxy) is 7. The van der Waals surface area contributed by atoms with Crippen molar-refractivity contribution < 1.29 is 103 Å². The van der Waals surface area contributed by atoms with Gasteiger partial charge in [-0.1, -0.05) is 0 Å². The predicted molar refractivity (Wildman–Crippen MR) is 388 cm³/mol. The van der Waals surface area contributed by atoms with Crippen LogP contribution >= 0.6 is 0 Å². The van der Waals surface area contributed by atoms with E-state index in [2.05, 4.69) is 0 Å². The van der Waals surface area contributed by atoms with E-state index >= 15 is 0 Å². The van der Waals surface area contributed by atoms with Gasteiger partial charge in [-0.3, -0.25) is 14.4 Å². The fourth-order valence-electron chi connectivity index (χ4n) is 19.1. The van der Waals surface area contributed by atoms with Crippen molar-refractivity contribution in [1.82, 2.24) is 35.4 Å². The zero-order valence-corrected chi connectivity index (χ0v) is 68.9. The van der Waals surface area contributed by atoms with Crippen LogP contribution in [-0.4, -0.2) is 234 Å². The molecule has 28 heteroatoms. The van der Waals surface area contributed by atoms with E-state index in [1.807, 2.05) is 194 Å². The van der Waals surface area contributed by atoms with E-state index in [-0.39, 0.29) is 73.6 Å². The van der Waals surface area contributed by atoms with E-state index in [0.717, 1.165) is 12.1 Å². The summed E-state index contributed by atoms with van der Waals surface area (Å²) in [5.41, 5.74) is -11.8. The Balaban J connectivity index is 0.000000314. The van der Waals surface area contributed by atoms with Gasteiger partial charge in [0.2, 0.25) is 0 Å². The van der Waals surface area contributed by atoms with Crippen molar-refractivity contribution in [3.8, 4) is 0 Å². The number of esters is 7. The van der Waals surface area contributed by atoms with Crippen molar-refractivity contribution >= 4 is 41.8 Å². The number of carbonyl (C=O) groups is 7. The summed E-state index contributed by atoms with van der Waals surface area (Å²) in [4.78, 5) is 98.9. The molecule has 7 aliphatic rings. The molecule has 0 bridgehead atoms. The van der Waals surface area contributed by atoms with Gasteiger partial charge in [0.05, 0.1) is 28.7 Å². The molecule has 8 rings (SSSR count). The Morgan fingerprint density at radius 2 is 0.396 bits per heavy atom. The van der Waals surface area contributed by atoms with Crippen molar-refractivity contribution in [2.24, 2.45) is 5.92 Å². The summed E-state index contributed by atoms with van der Waals surface area (Å²) in [6, 6.07) is 2.28. The fraction of sp³-hybridized carbons (Fsp3) is 0.833. The molecule has 0 aliphatic carbocycles. The minimum Gasteiger partial charge on any atom is -0.462 e. The summed E-state index contributed by atoms with van der Waals surface area (Å²) in [7, 11) is 0. The van der Waals surface area contributed by atoms with E-state index in [1.54, 1.807) is 0 Å². The minimum absolute atomic E-state index is 0.246. The van der Waals surface area contributed by atoms with Gasteiger partial charge in [0, 0.05) is 167 Å². The summed E-state index contributed by atoms with van der Waals surface area (Å²) in [6.45, 7) is 51.3. The molecule has 0 aromatic heterocycles. The first-order valence-corrected chi connectivity index (χ1v) is 37.7. The molecule has 106 heavy (non-hydrogen) atoms. The third-order valence-electron chi connectivity index (χ3n) is 23.1. The largest absolute Gasteiger partial charge is 0.462 e. The number of rotatable bonds is 15. The van der Waals surface area contributed by atoms with Crippen LogP contribution < -0.4 is 0 Å². The average molecular weight is 1500 g/mol. The first kappa shape index (κ1) is 88.2. The highest BCUT2D eigenvalue weighted by Gasteiger charge is 2.55. The average Bonchev–Trinajstić information content (AvgIpc) is 0.764. The molecule has 604 valence electrons. The third kappa shape index (κ3) is 19.4. The van der Waals surface area contributed by atoms with Crippen LogP contribution in [0.25, 0.3) is 0 Å². The summed E-state index contributed by atoms with van der Waals surface area (Å²) in [5, 5.41) is 84.7. The number of benzene rings is 1. The maximum Gasteiger partial charge on any atom is 0.339 e. The van der Waals surface area contributed by atoms with Crippen molar-refractivity contribution in [2.45, 2.75) is 410 Å². The molecule has 7 aliphatic heterocycles. The van der Waals surface area contributed by atoms with Crippen LogP contribution in [0.2, 0.25) is 0 Å². The van der Waals surface area contributed by atoms with Crippen LogP contribution in [0.1, 0.15) is 332 Å². The Bertz CT molecular complexity index is 3000. The van der Waals surface area contributed by atoms with Gasteiger partial charge < -0.3 is 69.6 Å². The zero-order valence-electron chi connectivity index (χ0n) is 68.9. The number of hydrogen-bond acceptors (Lipinski definition) is 28. The Hall–Kier alpha value is -5.05. The Morgan fingerprint density at radius 1 is 0.264 bits per heavy atom. The van der Waals surface area contributed by atoms with Crippen LogP contribution in [0.3, 0.4) is 0 Å². The first-order chi connectivity index (χ1) is 47.6. The number of piperidine rings is 7. The van der Waals surface area contributed by atoms with Crippen LogP contribution in [-0.2, 0) is 47.5 Å². The van der Waals surface area contributed by atoms with Gasteiger partial charge in [-0.05, 0) is 206 Å². The molecule has 7 saturated heterocycles. The smallest absolute Gasteiger partial charge is 0.339 e. The van der Waals surface area contributed by atoms with Crippen LogP contribution in [0, 0.1) is 5.92 Å². The highest BCUT2D eigenvalue weighted by Crippen LogP contribution is 2.46. The van der Waals surface area contributed by atoms with Crippen LogP contribution in [0.5, 0.6) is 0 Å². The van der Waals surface area contributed by atoms with E-state index in [0.29, 0.717) is 38.5 Å². The molecular weight excluding hydrogens is 1370 g/mol.